The average molecular weight is 318 g/mol. The molecule has 4 nitrogen and oxygen atoms in total. The fourth-order valence-electron chi connectivity index (χ4n) is 1.94. The first-order valence-electron chi connectivity index (χ1n) is 6.35. The van der Waals surface area contributed by atoms with Gasteiger partial charge in [-0.3, -0.25) is 10.1 Å². The molecule has 0 bridgehead atoms. The lowest BCUT2D eigenvalue weighted by Crippen LogP contribution is -2.04. The number of halogens is 3. The van der Waals surface area contributed by atoms with Crippen LogP contribution in [0.2, 0.25) is 0 Å². The van der Waals surface area contributed by atoms with Gasteiger partial charge >= 0.3 is 6.18 Å². The molecule has 0 saturated heterocycles. The number of benzene rings is 2. The number of nitro benzene ring substituents is 1. The lowest BCUT2D eigenvalue weighted by molar-refractivity contribution is -0.384. The van der Waals surface area contributed by atoms with E-state index in [0.717, 1.165) is 12.1 Å². The van der Waals surface area contributed by atoms with E-state index in [0.29, 0.717) is 5.56 Å². The number of non-ortho nitro benzene ring substituents is 1. The molecule has 0 aliphatic rings. The maximum Gasteiger partial charge on any atom is 0.416 e. The Hall–Kier alpha value is -3.14. The summed E-state index contributed by atoms with van der Waals surface area (Å²) in [7, 11) is 0. The van der Waals surface area contributed by atoms with Gasteiger partial charge < -0.3 is 0 Å². The SMILES string of the molecule is N#C/C(=C/c1cccc([N+](=O)[O-])c1)c1cccc(C(F)(F)F)c1. The normalized spacial score (nSPS) is 11.8. The number of nitro groups is 1. The monoisotopic (exact) mass is 318 g/mol. The van der Waals surface area contributed by atoms with E-state index in [1.807, 2.05) is 6.07 Å². The fraction of sp³-hybridized carbons (Fsp3) is 0.0625. The first-order valence-corrected chi connectivity index (χ1v) is 6.35. The van der Waals surface area contributed by atoms with Crippen LogP contribution in [0.25, 0.3) is 11.6 Å². The molecule has 0 unspecified atom stereocenters. The Morgan fingerprint density at radius 2 is 1.87 bits per heavy atom. The van der Waals surface area contributed by atoms with Crippen LogP contribution in [0.15, 0.2) is 48.5 Å². The van der Waals surface area contributed by atoms with Crippen LogP contribution in [0.1, 0.15) is 16.7 Å². The lowest BCUT2D eigenvalue weighted by atomic mass is 10.0. The lowest BCUT2D eigenvalue weighted by Gasteiger charge is -2.08. The Morgan fingerprint density at radius 1 is 1.17 bits per heavy atom. The van der Waals surface area contributed by atoms with Gasteiger partial charge in [-0.1, -0.05) is 24.3 Å². The Bertz CT molecular complexity index is 821. The standard InChI is InChI=1S/C16H9F3N2O2/c17-16(18,19)14-5-2-4-12(9-14)13(10-20)7-11-3-1-6-15(8-11)21(22)23/h1-9H/b13-7-. The second-order valence-electron chi connectivity index (χ2n) is 4.60. The number of allylic oxidation sites excluding steroid dienone is 1. The summed E-state index contributed by atoms with van der Waals surface area (Å²) < 4.78 is 38.2. The number of nitriles is 1. The van der Waals surface area contributed by atoms with Gasteiger partial charge in [-0.05, 0) is 29.3 Å². The van der Waals surface area contributed by atoms with E-state index in [9.17, 15) is 28.5 Å². The van der Waals surface area contributed by atoms with Gasteiger partial charge in [-0.15, -0.1) is 0 Å². The van der Waals surface area contributed by atoms with E-state index >= 15 is 0 Å². The van der Waals surface area contributed by atoms with Crippen molar-refractivity contribution in [2.24, 2.45) is 0 Å². The predicted molar refractivity (Wildman–Crippen MR) is 78.0 cm³/mol. The molecule has 0 spiro atoms. The molecule has 0 fully saturated rings. The van der Waals surface area contributed by atoms with Crippen LogP contribution in [0, 0.1) is 21.4 Å². The van der Waals surface area contributed by atoms with Crippen LogP contribution in [0.4, 0.5) is 18.9 Å². The maximum atomic E-state index is 12.7. The molecule has 0 atom stereocenters. The highest BCUT2D eigenvalue weighted by atomic mass is 19.4. The van der Waals surface area contributed by atoms with Crippen LogP contribution < -0.4 is 0 Å². The number of rotatable bonds is 3. The molecular formula is C16H9F3N2O2. The van der Waals surface area contributed by atoms with Crippen molar-refractivity contribution in [3.8, 4) is 6.07 Å². The van der Waals surface area contributed by atoms with Crippen LogP contribution in [0.3, 0.4) is 0 Å². The van der Waals surface area contributed by atoms with Gasteiger partial charge in [0.1, 0.15) is 0 Å². The van der Waals surface area contributed by atoms with Gasteiger partial charge in [0.15, 0.2) is 0 Å². The smallest absolute Gasteiger partial charge is 0.258 e. The molecule has 0 aromatic heterocycles. The molecule has 23 heavy (non-hydrogen) atoms. The minimum atomic E-state index is -4.51. The highest BCUT2D eigenvalue weighted by molar-refractivity contribution is 5.89. The largest absolute Gasteiger partial charge is 0.416 e. The minimum absolute atomic E-state index is 0.0170. The third kappa shape index (κ3) is 3.95. The van der Waals surface area contributed by atoms with Gasteiger partial charge in [-0.2, -0.15) is 18.4 Å². The van der Waals surface area contributed by atoms with Crippen molar-refractivity contribution in [1.29, 1.82) is 5.26 Å². The minimum Gasteiger partial charge on any atom is -0.258 e. The van der Waals surface area contributed by atoms with Gasteiger partial charge in [-0.25, -0.2) is 0 Å². The quantitative estimate of drug-likeness (QED) is 0.357. The van der Waals surface area contributed by atoms with Crippen molar-refractivity contribution in [2.75, 3.05) is 0 Å². The zero-order chi connectivity index (χ0) is 17.0. The van der Waals surface area contributed by atoms with Crippen molar-refractivity contribution in [2.45, 2.75) is 6.18 Å². The van der Waals surface area contributed by atoms with E-state index in [4.69, 9.17) is 0 Å². The summed E-state index contributed by atoms with van der Waals surface area (Å²) >= 11 is 0. The highest BCUT2D eigenvalue weighted by Crippen LogP contribution is 2.31. The fourth-order valence-corrected chi connectivity index (χ4v) is 1.94. The third-order valence-electron chi connectivity index (χ3n) is 3.01. The van der Waals surface area contributed by atoms with Crippen LogP contribution in [-0.2, 0) is 6.18 Å². The van der Waals surface area contributed by atoms with E-state index in [1.165, 1.54) is 42.5 Å². The van der Waals surface area contributed by atoms with Crippen molar-refractivity contribution >= 4 is 17.3 Å². The summed E-state index contributed by atoms with van der Waals surface area (Å²) in [5.41, 5.74) is -0.603. The summed E-state index contributed by atoms with van der Waals surface area (Å²) in [5, 5.41) is 19.9. The zero-order valence-electron chi connectivity index (χ0n) is 11.5. The van der Waals surface area contributed by atoms with Crippen LogP contribution in [-0.4, -0.2) is 4.92 Å². The molecule has 0 radical (unpaired) electrons. The van der Waals surface area contributed by atoms with Gasteiger partial charge in [0.25, 0.3) is 5.69 Å². The van der Waals surface area contributed by atoms with E-state index in [2.05, 4.69) is 0 Å². The summed E-state index contributed by atoms with van der Waals surface area (Å²) in [6, 6.07) is 11.7. The molecule has 0 amide bonds. The molecule has 0 N–H and O–H groups in total. The van der Waals surface area contributed by atoms with E-state index < -0.39 is 16.7 Å². The molecule has 0 aliphatic carbocycles. The third-order valence-corrected chi connectivity index (χ3v) is 3.01. The van der Waals surface area contributed by atoms with Crippen molar-refractivity contribution in [3.05, 3.63) is 75.3 Å². The molecule has 0 heterocycles. The summed E-state index contributed by atoms with van der Waals surface area (Å²) in [4.78, 5) is 10.1. The molecule has 7 heteroatoms. The van der Waals surface area contributed by atoms with Crippen LogP contribution >= 0.6 is 0 Å². The molecule has 0 saturated carbocycles. The summed E-state index contributed by atoms with van der Waals surface area (Å²) in [6.45, 7) is 0. The van der Waals surface area contributed by atoms with Crippen molar-refractivity contribution in [3.63, 3.8) is 0 Å². The van der Waals surface area contributed by atoms with E-state index in [-0.39, 0.29) is 16.8 Å². The van der Waals surface area contributed by atoms with Crippen molar-refractivity contribution < 1.29 is 18.1 Å². The number of hydrogen-bond donors (Lipinski definition) is 0. The second-order valence-corrected chi connectivity index (χ2v) is 4.60. The molecule has 2 aromatic rings. The molecule has 0 aliphatic heterocycles. The highest BCUT2D eigenvalue weighted by Gasteiger charge is 2.30. The zero-order valence-corrected chi connectivity index (χ0v) is 11.5. The molecule has 2 aromatic carbocycles. The number of nitrogens with zero attached hydrogens (tertiary/aromatic N) is 2. The summed E-state index contributed by atoms with van der Waals surface area (Å²) in [6.07, 6.45) is -3.20. The van der Waals surface area contributed by atoms with Crippen molar-refractivity contribution in [1.82, 2.24) is 0 Å². The average Bonchev–Trinajstić information content (AvgIpc) is 2.52. The molecule has 2 rings (SSSR count). The van der Waals surface area contributed by atoms with Gasteiger partial charge in [0.05, 0.1) is 22.1 Å². The first kappa shape index (κ1) is 16.2. The Labute approximate surface area is 129 Å². The van der Waals surface area contributed by atoms with E-state index in [1.54, 1.807) is 0 Å². The summed E-state index contributed by atoms with van der Waals surface area (Å²) in [5.74, 6) is 0. The Balaban J connectivity index is 2.46. The predicted octanol–water partition coefficient (Wildman–Crippen LogP) is 4.68. The second kappa shape index (κ2) is 6.32. The maximum absolute atomic E-state index is 12.7. The van der Waals surface area contributed by atoms with Gasteiger partial charge in [0.2, 0.25) is 0 Å². The topological polar surface area (TPSA) is 66.9 Å². The molecular weight excluding hydrogens is 309 g/mol. The Morgan fingerprint density at radius 3 is 2.48 bits per heavy atom. The number of hydrogen-bond acceptors (Lipinski definition) is 3. The van der Waals surface area contributed by atoms with Crippen LogP contribution in [0.5, 0.6) is 0 Å². The first-order chi connectivity index (χ1) is 10.8. The molecule has 116 valence electrons. The Kier molecular flexibility index (Phi) is 4.46. The van der Waals surface area contributed by atoms with Gasteiger partial charge in [0, 0.05) is 12.1 Å². The number of alkyl halides is 3.